The molecule has 8 heteroatoms. The fourth-order valence-corrected chi connectivity index (χ4v) is 6.63. The van der Waals surface area contributed by atoms with Gasteiger partial charge in [-0.3, -0.25) is 13.8 Å². The molecular formula is C39H76O7S. The van der Waals surface area contributed by atoms with Gasteiger partial charge in [0.05, 0.1) is 19.3 Å². The van der Waals surface area contributed by atoms with E-state index in [-0.39, 0.29) is 37.2 Å². The molecule has 47 heavy (non-hydrogen) atoms. The molecule has 0 fully saturated rings. The number of carbonyl (C=O) groups excluding carboxylic acids is 2. The molecule has 0 spiro atoms. The van der Waals surface area contributed by atoms with E-state index in [1.807, 2.05) is 0 Å². The molecule has 0 aromatic carbocycles. The Morgan fingerprint density at radius 1 is 0.489 bits per heavy atom. The normalized spacial score (nSPS) is 12.2. The quantitative estimate of drug-likeness (QED) is 0.0643. The van der Waals surface area contributed by atoms with Crippen molar-refractivity contribution in [2.24, 2.45) is 0 Å². The Kier molecular flexibility index (Phi) is 31.8. The Hall–Kier alpha value is -0.830. The van der Waals surface area contributed by atoms with Gasteiger partial charge in [-0.25, -0.2) is 4.18 Å². The van der Waals surface area contributed by atoms with Crippen LogP contribution < -0.4 is 0 Å². The number of carbonyl (C=O) groups is 2. The van der Waals surface area contributed by atoms with Gasteiger partial charge in [0, 0.05) is 25.7 Å². The molecule has 0 amide bonds. The van der Waals surface area contributed by atoms with Gasteiger partial charge in [0.15, 0.2) is 0 Å². The molecule has 0 heterocycles. The van der Waals surface area contributed by atoms with Gasteiger partial charge < -0.3 is 5.11 Å². The predicted molar refractivity (Wildman–Crippen MR) is 196 cm³/mol. The first-order valence-corrected chi connectivity index (χ1v) is 21.2. The van der Waals surface area contributed by atoms with E-state index >= 15 is 0 Å². The van der Waals surface area contributed by atoms with Crippen molar-refractivity contribution in [3.05, 3.63) is 0 Å². The fraction of sp³-hybridized carbons (Fsp3) is 0.949. The molecule has 0 radical (unpaired) electrons. The van der Waals surface area contributed by atoms with Gasteiger partial charge in [0.1, 0.15) is 11.6 Å². The molecule has 1 N–H and O–H groups in total. The molecule has 0 aliphatic heterocycles. The van der Waals surface area contributed by atoms with Crippen LogP contribution in [0.1, 0.15) is 219 Å². The number of hydrogen-bond donors (Lipinski definition) is 1. The number of Topliss-reactive ketones (excluding diaryl/α,β-unsaturated/α-hetero) is 2. The van der Waals surface area contributed by atoms with Gasteiger partial charge in [-0.05, 0) is 25.7 Å². The molecule has 0 rings (SSSR count). The standard InChI is InChI=1S/C39H76O7S/c1-4-6-8-10-12-14-16-18-20-22-24-26-28-30-37(40)32-34-39(42,36-46-47(43,44)45-3)35-33-38(41)31-29-27-25-23-21-19-17-15-13-11-9-7-5-2/h42H,4-36H2,1-3H3. The van der Waals surface area contributed by atoms with Crippen LogP contribution in [0.2, 0.25) is 0 Å². The van der Waals surface area contributed by atoms with E-state index in [2.05, 4.69) is 18.0 Å². The largest absolute Gasteiger partial charge is 0.399 e. The Labute approximate surface area is 291 Å². The minimum absolute atomic E-state index is 0.0550. The summed E-state index contributed by atoms with van der Waals surface area (Å²) in [7, 11) is -3.24. The maximum atomic E-state index is 12.6. The molecule has 0 saturated heterocycles. The van der Waals surface area contributed by atoms with E-state index in [1.54, 1.807) is 0 Å². The zero-order valence-corrected chi connectivity index (χ0v) is 32.0. The minimum atomic E-state index is -4.23. The summed E-state index contributed by atoms with van der Waals surface area (Å²) in [5, 5.41) is 11.2. The van der Waals surface area contributed by atoms with Crippen LogP contribution in [0.5, 0.6) is 0 Å². The lowest BCUT2D eigenvalue weighted by atomic mass is 9.89. The second-order valence-corrected chi connectivity index (χ2v) is 15.5. The first kappa shape index (κ1) is 46.2. The van der Waals surface area contributed by atoms with Crippen molar-refractivity contribution in [1.29, 1.82) is 0 Å². The predicted octanol–water partition coefficient (Wildman–Crippen LogP) is 11.3. The van der Waals surface area contributed by atoms with Crippen LogP contribution in [-0.2, 0) is 28.4 Å². The second-order valence-electron chi connectivity index (χ2n) is 14.1. The molecule has 0 unspecified atom stereocenters. The minimum Gasteiger partial charge on any atom is -0.387 e. The van der Waals surface area contributed by atoms with Gasteiger partial charge in [0.2, 0.25) is 0 Å². The molecule has 0 aromatic heterocycles. The fourth-order valence-electron chi connectivity index (χ4n) is 6.17. The molecule has 0 saturated carbocycles. The molecule has 7 nitrogen and oxygen atoms in total. The number of hydrogen-bond acceptors (Lipinski definition) is 7. The highest BCUT2D eigenvalue weighted by molar-refractivity contribution is 7.81. The van der Waals surface area contributed by atoms with Gasteiger partial charge in [0.25, 0.3) is 0 Å². The Morgan fingerprint density at radius 3 is 1.04 bits per heavy atom. The molecule has 0 aliphatic rings. The van der Waals surface area contributed by atoms with Crippen LogP contribution in [-0.4, -0.2) is 44.4 Å². The van der Waals surface area contributed by atoms with Crippen LogP contribution in [0.25, 0.3) is 0 Å². The Morgan fingerprint density at radius 2 is 0.766 bits per heavy atom. The van der Waals surface area contributed by atoms with Crippen LogP contribution in [0.3, 0.4) is 0 Å². The van der Waals surface area contributed by atoms with Crippen LogP contribution in [0.15, 0.2) is 0 Å². The van der Waals surface area contributed by atoms with Crippen molar-refractivity contribution in [2.45, 2.75) is 225 Å². The average molecular weight is 689 g/mol. The van der Waals surface area contributed by atoms with E-state index in [0.717, 1.165) is 45.6 Å². The number of unbranched alkanes of at least 4 members (excludes halogenated alkanes) is 24. The third-order valence-corrected chi connectivity index (χ3v) is 10.3. The smallest absolute Gasteiger partial charge is 0.387 e. The topological polar surface area (TPSA) is 107 Å². The first-order chi connectivity index (χ1) is 22.7. The third-order valence-electron chi connectivity index (χ3n) is 9.53. The average Bonchev–Trinajstić information content (AvgIpc) is 3.06. The Balaban J connectivity index is 4.16. The lowest BCUT2D eigenvalue weighted by Gasteiger charge is -2.27. The summed E-state index contributed by atoms with van der Waals surface area (Å²) in [5.74, 6) is 0.110. The van der Waals surface area contributed by atoms with Gasteiger partial charge in [-0.1, -0.05) is 168 Å². The van der Waals surface area contributed by atoms with Crippen molar-refractivity contribution in [2.75, 3.05) is 13.7 Å². The SMILES string of the molecule is CCCCCCCCCCCCCCCC(=O)CCC(O)(CCC(=O)CCCCCCCCCCCCCCC)COS(=O)(=O)OC. The first-order valence-electron chi connectivity index (χ1n) is 19.9. The zero-order valence-electron chi connectivity index (χ0n) is 31.1. The molecular weight excluding hydrogens is 612 g/mol. The molecule has 0 aliphatic carbocycles. The molecule has 0 bridgehead atoms. The summed E-state index contributed by atoms with van der Waals surface area (Å²) in [6.45, 7) is 3.97. The molecule has 0 atom stereocenters. The second kappa shape index (κ2) is 32.4. The molecule has 0 aromatic rings. The number of rotatable bonds is 38. The zero-order chi connectivity index (χ0) is 34.9. The highest BCUT2D eigenvalue weighted by Crippen LogP contribution is 2.24. The van der Waals surface area contributed by atoms with E-state index in [9.17, 15) is 23.1 Å². The lowest BCUT2D eigenvalue weighted by Crippen LogP contribution is -2.37. The van der Waals surface area contributed by atoms with Crippen LogP contribution in [0, 0.1) is 0 Å². The van der Waals surface area contributed by atoms with Gasteiger partial charge in [-0.15, -0.1) is 0 Å². The number of ketones is 2. The summed E-state index contributed by atoms with van der Waals surface area (Å²) in [5.41, 5.74) is -1.58. The maximum Gasteiger partial charge on any atom is 0.399 e. The van der Waals surface area contributed by atoms with E-state index in [1.165, 1.54) is 128 Å². The molecule has 280 valence electrons. The van der Waals surface area contributed by atoms with Crippen LogP contribution >= 0.6 is 0 Å². The van der Waals surface area contributed by atoms with Crippen molar-refractivity contribution < 1.29 is 31.5 Å². The van der Waals surface area contributed by atoms with E-state index in [4.69, 9.17) is 4.18 Å². The maximum absolute atomic E-state index is 12.6. The van der Waals surface area contributed by atoms with Crippen molar-refractivity contribution in [3.8, 4) is 0 Å². The van der Waals surface area contributed by atoms with Crippen LogP contribution in [0.4, 0.5) is 0 Å². The monoisotopic (exact) mass is 689 g/mol. The Bertz CT molecular complexity index is 781. The van der Waals surface area contributed by atoms with Gasteiger partial charge >= 0.3 is 10.4 Å². The van der Waals surface area contributed by atoms with Gasteiger partial charge in [-0.2, -0.15) is 8.42 Å². The third kappa shape index (κ3) is 32.2. The van der Waals surface area contributed by atoms with Crippen molar-refractivity contribution in [3.63, 3.8) is 0 Å². The summed E-state index contributed by atoms with van der Waals surface area (Å²) in [6.07, 6.45) is 33.7. The van der Waals surface area contributed by atoms with E-state index in [0.29, 0.717) is 12.8 Å². The van der Waals surface area contributed by atoms with E-state index < -0.39 is 22.6 Å². The number of aliphatic hydroxyl groups is 1. The van der Waals surface area contributed by atoms with Crippen molar-refractivity contribution >= 4 is 22.0 Å². The summed E-state index contributed by atoms with van der Waals surface area (Å²) in [6, 6.07) is 0. The lowest BCUT2D eigenvalue weighted by molar-refractivity contribution is -0.122. The summed E-state index contributed by atoms with van der Waals surface area (Å²) in [4.78, 5) is 25.1. The summed E-state index contributed by atoms with van der Waals surface area (Å²) >= 11 is 0. The summed E-state index contributed by atoms with van der Waals surface area (Å²) < 4.78 is 32.7. The van der Waals surface area contributed by atoms with Crippen molar-refractivity contribution in [1.82, 2.24) is 0 Å². The highest BCUT2D eigenvalue weighted by atomic mass is 32.3. The highest BCUT2D eigenvalue weighted by Gasteiger charge is 2.31.